The normalized spacial score (nSPS) is 19.8. The third-order valence-electron chi connectivity index (χ3n) is 3.40. The van der Waals surface area contributed by atoms with Crippen LogP contribution in [-0.2, 0) is 10.2 Å². The second-order valence-corrected chi connectivity index (χ2v) is 5.38. The van der Waals surface area contributed by atoms with Crippen molar-refractivity contribution in [2.45, 2.75) is 18.8 Å². The Balaban J connectivity index is 2.31. The van der Waals surface area contributed by atoms with E-state index in [1.165, 1.54) is 6.07 Å². The first-order chi connectivity index (χ1) is 8.07. The minimum atomic E-state index is -0.242. The number of ether oxygens (including phenoxy) is 1. The number of nitrogens with two attached hydrogens (primary N) is 1. The fourth-order valence-corrected chi connectivity index (χ4v) is 2.56. The van der Waals surface area contributed by atoms with Crippen molar-refractivity contribution in [3.8, 4) is 0 Å². The summed E-state index contributed by atoms with van der Waals surface area (Å²) in [7, 11) is 0. The van der Waals surface area contributed by atoms with Gasteiger partial charge >= 0.3 is 0 Å². The first-order valence-corrected chi connectivity index (χ1v) is 6.18. The minimum absolute atomic E-state index is 0.207. The van der Waals surface area contributed by atoms with Gasteiger partial charge in [0.25, 0.3) is 0 Å². The summed E-state index contributed by atoms with van der Waals surface area (Å²) in [5, 5.41) is 0.563. The fourth-order valence-electron chi connectivity index (χ4n) is 2.39. The summed E-state index contributed by atoms with van der Waals surface area (Å²) in [6.45, 7) is 3.77. The van der Waals surface area contributed by atoms with Gasteiger partial charge in [-0.05, 0) is 37.1 Å². The van der Waals surface area contributed by atoms with Crippen LogP contribution in [0.1, 0.15) is 18.9 Å². The minimum Gasteiger partial charge on any atom is -0.379 e. The average Bonchev–Trinajstić information content (AvgIpc) is 2.27. The fraction of sp³-hybridized carbons (Fsp3) is 0.538. The molecule has 1 saturated heterocycles. The Morgan fingerprint density at radius 3 is 2.76 bits per heavy atom. The van der Waals surface area contributed by atoms with Gasteiger partial charge in [0.2, 0.25) is 0 Å². The summed E-state index contributed by atoms with van der Waals surface area (Å²) >= 11 is 5.94. The number of hydrogen-bond donors (Lipinski definition) is 1. The predicted molar refractivity (Wildman–Crippen MR) is 66.7 cm³/mol. The lowest BCUT2D eigenvalue weighted by molar-refractivity contribution is -0.0717. The van der Waals surface area contributed by atoms with E-state index in [9.17, 15) is 4.39 Å². The standard InChI is InChI=1S/C13H17ClFNO/c1-9(6-16)5-13(7-17-8-13)11-4-10(14)2-3-12(11)15/h2-4,9H,5-8,16H2,1H3. The lowest BCUT2D eigenvalue weighted by Gasteiger charge is -2.43. The summed E-state index contributed by atoms with van der Waals surface area (Å²) in [6, 6.07) is 4.70. The second kappa shape index (κ2) is 4.92. The van der Waals surface area contributed by atoms with Gasteiger partial charge in [-0.2, -0.15) is 0 Å². The summed E-state index contributed by atoms with van der Waals surface area (Å²) in [6.07, 6.45) is 0.834. The highest BCUT2D eigenvalue weighted by molar-refractivity contribution is 6.30. The Morgan fingerprint density at radius 2 is 2.24 bits per heavy atom. The van der Waals surface area contributed by atoms with E-state index in [4.69, 9.17) is 22.1 Å². The summed E-state index contributed by atoms with van der Waals surface area (Å²) in [5.41, 5.74) is 6.06. The van der Waals surface area contributed by atoms with E-state index in [2.05, 4.69) is 6.92 Å². The van der Waals surface area contributed by atoms with Crippen LogP contribution < -0.4 is 5.73 Å². The Labute approximate surface area is 106 Å². The van der Waals surface area contributed by atoms with Crippen LogP contribution in [0.4, 0.5) is 4.39 Å². The highest BCUT2D eigenvalue weighted by Gasteiger charge is 2.43. The maximum atomic E-state index is 13.9. The molecule has 0 aromatic heterocycles. The van der Waals surface area contributed by atoms with E-state index in [1.807, 2.05) is 0 Å². The summed E-state index contributed by atoms with van der Waals surface area (Å²) < 4.78 is 19.2. The quantitative estimate of drug-likeness (QED) is 0.900. The molecule has 0 radical (unpaired) electrons. The van der Waals surface area contributed by atoms with E-state index in [1.54, 1.807) is 12.1 Å². The Morgan fingerprint density at radius 1 is 1.53 bits per heavy atom. The third-order valence-corrected chi connectivity index (χ3v) is 3.63. The molecule has 1 atom stereocenters. The molecule has 1 unspecified atom stereocenters. The monoisotopic (exact) mass is 257 g/mol. The van der Waals surface area contributed by atoms with Gasteiger partial charge in [0.05, 0.1) is 13.2 Å². The second-order valence-electron chi connectivity index (χ2n) is 4.94. The number of halogens is 2. The first-order valence-electron chi connectivity index (χ1n) is 5.81. The molecule has 2 rings (SSSR count). The van der Waals surface area contributed by atoms with Crippen LogP contribution in [0.3, 0.4) is 0 Å². The van der Waals surface area contributed by atoms with E-state index >= 15 is 0 Å². The van der Waals surface area contributed by atoms with Gasteiger partial charge in [-0.3, -0.25) is 0 Å². The maximum absolute atomic E-state index is 13.9. The van der Waals surface area contributed by atoms with Crippen LogP contribution in [0.2, 0.25) is 5.02 Å². The van der Waals surface area contributed by atoms with Crippen molar-refractivity contribution in [3.63, 3.8) is 0 Å². The largest absolute Gasteiger partial charge is 0.379 e. The van der Waals surface area contributed by atoms with Crippen molar-refractivity contribution in [2.24, 2.45) is 11.7 Å². The molecular formula is C13H17ClFNO. The van der Waals surface area contributed by atoms with Crippen molar-refractivity contribution in [2.75, 3.05) is 19.8 Å². The van der Waals surface area contributed by atoms with Crippen molar-refractivity contribution < 1.29 is 9.13 Å². The maximum Gasteiger partial charge on any atom is 0.127 e. The van der Waals surface area contributed by atoms with Gasteiger partial charge < -0.3 is 10.5 Å². The zero-order valence-electron chi connectivity index (χ0n) is 9.88. The first kappa shape index (κ1) is 12.8. The third kappa shape index (κ3) is 2.46. The summed E-state index contributed by atoms with van der Waals surface area (Å²) in [4.78, 5) is 0. The average molecular weight is 258 g/mol. The highest BCUT2D eigenvalue weighted by atomic mass is 35.5. The van der Waals surface area contributed by atoms with Crippen molar-refractivity contribution in [1.29, 1.82) is 0 Å². The van der Waals surface area contributed by atoms with Crippen LogP contribution in [0, 0.1) is 11.7 Å². The van der Waals surface area contributed by atoms with Crippen LogP contribution >= 0.6 is 11.6 Å². The molecule has 0 aliphatic carbocycles. The zero-order chi connectivity index (χ0) is 12.5. The van der Waals surface area contributed by atoms with Gasteiger partial charge in [-0.1, -0.05) is 18.5 Å². The molecule has 2 nitrogen and oxygen atoms in total. The SMILES string of the molecule is CC(CN)CC1(c2cc(Cl)ccc2F)COC1. The van der Waals surface area contributed by atoms with Crippen LogP contribution in [0.15, 0.2) is 18.2 Å². The van der Waals surface area contributed by atoms with Gasteiger partial charge in [0, 0.05) is 16.0 Å². The number of benzene rings is 1. The molecule has 4 heteroatoms. The van der Waals surface area contributed by atoms with E-state index in [0.717, 1.165) is 6.42 Å². The molecule has 1 heterocycles. The van der Waals surface area contributed by atoms with Crippen LogP contribution in [-0.4, -0.2) is 19.8 Å². The topological polar surface area (TPSA) is 35.2 Å². The lowest BCUT2D eigenvalue weighted by Crippen LogP contribution is -2.49. The molecule has 1 aliphatic rings. The Bertz CT molecular complexity index is 406. The number of rotatable bonds is 4. The van der Waals surface area contributed by atoms with Gasteiger partial charge in [0.15, 0.2) is 0 Å². The highest BCUT2D eigenvalue weighted by Crippen LogP contribution is 2.40. The van der Waals surface area contributed by atoms with Crippen molar-refractivity contribution >= 4 is 11.6 Å². The van der Waals surface area contributed by atoms with Gasteiger partial charge in [-0.25, -0.2) is 4.39 Å². The molecule has 1 aromatic carbocycles. The molecule has 1 fully saturated rings. The molecular weight excluding hydrogens is 241 g/mol. The molecule has 1 aliphatic heterocycles. The van der Waals surface area contributed by atoms with Crippen molar-refractivity contribution in [1.82, 2.24) is 0 Å². The number of hydrogen-bond acceptors (Lipinski definition) is 2. The molecule has 94 valence electrons. The van der Waals surface area contributed by atoms with Gasteiger partial charge in [-0.15, -0.1) is 0 Å². The molecule has 2 N–H and O–H groups in total. The van der Waals surface area contributed by atoms with Crippen molar-refractivity contribution in [3.05, 3.63) is 34.6 Å². The molecule has 0 amide bonds. The Hall–Kier alpha value is -0.640. The summed E-state index contributed by atoms with van der Waals surface area (Å²) in [5.74, 6) is 0.138. The molecule has 0 saturated carbocycles. The predicted octanol–water partition coefficient (Wildman–Crippen LogP) is 2.73. The van der Waals surface area contributed by atoms with Crippen LogP contribution in [0.25, 0.3) is 0 Å². The lowest BCUT2D eigenvalue weighted by atomic mass is 9.72. The van der Waals surface area contributed by atoms with E-state index in [-0.39, 0.29) is 11.2 Å². The smallest absolute Gasteiger partial charge is 0.127 e. The Kier molecular flexibility index (Phi) is 3.71. The molecule has 1 aromatic rings. The molecule has 0 bridgehead atoms. The molecule has 0 spiro atoms. The van der Waals surface area contributed by atoms with Gasteiger partial charge in [0.1, 0.15) is 5.82 Å². The van der Waals surface area contributed by atoms with E-state index in [0.29, 0.717) is 36.3 Å². The zero-order valence-corrected chi connectivity index (χ0v) is 10.6. The molecule has 17 heavy (non-hydrogen) atoms. The van der Waals surface area contributed by atoms with E-state index < -0.39 is 0 Å². The van der Waals surface area contributed by atoms with Crippen LogP contribution in [0.5, 0.6) is 0 Å².